The lowest BCUT2D eigenvalue weighted by molar-refractivity contribution is 0.342. The van der Waals surface area contributed by atoms with Gasteiger partial charge in [-0.2, -0.15) is 4.98 Å². The van der Waals surface area contributed by atoms with Crippen LogP contribution in [-0.2, 0) is 0 Å². The zero-order valence-corrected chi connectivity index (χ0v) is 10.2. The minimum Gasteiger partial charge on any atom is -0.493 e. The zero-order chi connectivity index (χ0) is 13.0. The summed E-state index contributed by atoms with van der Waals surface area (Å²) in [6.45, 7) is 0. The average molecular weight is 246 g/mol. The highest BCUT2D eigenvalue weighted by atomic mass is 16.5. The Labute approximate surface area is 105 Å². The van der Waals surface area contributed by atoms with Gasteiger partial charge in [-0.3, -0.25) is 0 Å². The SMILES string of the molecule is COc1cccc(OC)c1Oc1cccc(N)n1. The van der Waals surface area contributed by atoms with Gasteiger partial charge >= 0.3 is 0 Å². The molecule has 0 saturated carbocycles. The number of anilines is 1. The van der Waals surface area contributed by atoms with Crippen LogP contribution in [0, 0.1) is 0 Å². The second-order valence-corrected chi connectivity index (χ2v) is 3.49. The molecule has 0 unspecified atom stereocenters. The molecule has 2 rings (SSSR count). The van der Waals surface area contributed by atoms with Crippen LogP contribution in [0.5, 0.6) is 23.1 Å². The summed E-state index contributed by atoms with van der Waals surface area (Å²) in [5, 5.41) is 0. The van der Waals surface area contributed by atoms with Gasteiger partial charge in [0.25, 0.3) is 0 Å². The molecule has 0 aliphatic carbocycles. The predicted molar refractivity (Wildman–Crippen MR) is 68.3 cm³/mol. The van der Waals surface area contributed by atoms with E-state index in [4.69, 9.17) is 19.9 Å². The Bertz CT molecular complexity index is 521. The zero-order valence-electron chi connectivity index (χ0n) is 10.2. The van der Waals surface area contributed by atoms with Gasteiger partial charge in [0.2, 0.25) is 11.6 Å². The molecule has 0 bridgehead atoms. The van der Waals surface area contributed by atoms with E-state index in [0.717, 1.165) is 0 Å². The van der Waals surface area contributed by atoms with Crippen molar-refractivity contribution in [3.63, 3.8) is 0 Å². The van der Waals surface area contributed by atoms with Crippen molar-refractivity contribution in [2.75, 3.05) is 20.0 Å². The first-order chi connectivity index (χ1) is 8.74. The normalized spacial score (nSPS) is 9.89. The third kappa shape index (κ3) is 2.45. The smallest absolute Gasteiger partial charge is 0.221 e. The highest BCUT2D eigenvalue weighted by Gasteiger charge is 2.12. The van der Waals surface area contributed by atoms with E-state index in [9.17, 15) is 0 Å². The Kier molecular flexibility index (Phi) is 3.52. The molecule has 94 valence electrons. The molecular formula is C13H14N2O3. The highest BCUT2D eigenvalue weighted by Crippen LogP contribution is 2.39. The summed E-state index contributed by atoms with van der Waals surface area (Å²) < 4.78 is 16.1. The topological polar surface area (TPSA) is 66.6 Å². The van der Waals surface area contributed by atoms with E-state index in [2.05, 4.69) is 4.98 Å². The summed E-state index contributed by atoms with van der Waals surface area (Å²) in [6.07, 6.45) is 0. The summed E-state index contributed by atoms with van der Waals surface area (Å²) >= 11 is 0. The number of nitrogen functional groups attached to an aromatic ring is 1. The molecule has 5 nitrogen and oxygen atoms in total. The molecule has 1 heterocycles. The Hall–Kier alpha value is -2.43. The van der Waals surface area contributed by atoms with Crippen molar-refractivity contribution in [3.8, 4) is 23.1 Å². The minimum absolute atomic E-state index is 0.387. The fraction of sp³-hybridized carbons (Fsp3) is 0.154. The molecule has 0 radical (unpaired) electrons. The van der Waals surface area contributed by atoms with Crippen LogP contribution in [0.15, 0.2) is 36.4 Å². The Morgan fingerprint density at radius 1 is 0.944 bits per heavy atom. The number of benzene rings is 1. The Morgan fingerprint density at radius 3 is 2.11 bits per heavy atom. The molecule has 2 N–H and O–H groups in total. The summed E-state index contributed by atoms with van der Waals surface area (Å²) in [4.78, 5) is 4.06. The van der Waals surface area contributed by atoms with Gasteiger partial charge in [-0.25, -0.2) is 0 Å². The number of ether oxygens (including phenoxy) is 3. The van der Waals surface area contributed by atoms with Crippen LogP contribution in [0.3, 0.4) is 0 Å². The number of hydrogen-bond donors (Lipinski definition) is 1. The van der Waals surface area contributed by atoms with Gasteiger partial charge in [0, 0.05) is 6.07 Å². The van der Waals surface area contributed by atoms with Crippen LogP contribution in [-0.4, -0.2) is 19.2 Å². The maximum Gasteiger partial charge on any atom is 0.221 e. The Balaban J connectivity index is 2.38. The van der Waals surface area contributed by atoms with Crippen molar-refractivity contribution in [1.29, 1.82) is 0 Å². The van der Waals surface area contributed by atoms with Crippen molar-refractivity contribution >= 4 is 5.82 Å². The lowest BCUT2D eigenvalue weighted by Crippen LogP contribution is -1.97. The third-order valence-electron chi connectivity index (χ3n) is 2.33. The van der Waals surface area contributed by atoms with Crippen molar-refractivity contribution in [1.82, 2.24) is 4.98 Å². The van der Waals surface area contributed by atoms with Crippen LogP contribution >= 0.6 is 0 Å². The van der Waals surface area contributed by atoms with E-state index in [0.29, 0.717) is 28.9 Å². The number of pyridine rings is 1. The van der Waals surface area contributed by atoms with E-state index in [1.165, 1.54) is 0 Å². The molecule has 0 saturated heterocycles. The minimum atomic E-state index is 0.387. The van der Waals surface area contributed by atoms with Crippen LogP contribution in [0.4, 0.5) is 5.82 Å². The van der Waals surface area contributed by atoms with Gasteiger partial charge in [0.05, 0.1) is 14.2 Å². The van der Waals surface area contributed by atoms with Crippen LogP contribution in [0.2, 0.25) is 0 Å². The quantitative estimate of drug-likeness (QED) is 0.897. The van der Waals surface area contributed by atoms with Gasteiger partial charge in [0.15, 0.2) is 11.5 Å². The molecule has 1 aromatic heterocycles. The fourth-order valence-corrected chi connectivity index (χ4v) is 1.51. The van der Waals surface area contributed by atoms with E-state index in [1.807, 2.05) is 6.07 Å². The summed E-state index contributed by atoms with van der Waals surface area (Å²) in [7, 11) is 3.13. The number of nitrogens with zero attached hydrogens (tertiary/aromatic N) is 1. The van der Waals surface area contributed by atoms with Gasteiger partial charge in [-0.05, 0) is 18.2 Å². The van der Waals surface area contributed by atoms with Crippen molar-refractivity contribution in [2.24, 2.45) is 0 Å². The molecule has 18 heavy (non-hydrogen) atoms. The highest BCUT2D eigenvalue weighted by molar-refractivity contribution is 5.52. The van der Waals surface area contributed by atoms with Gasteiger partial charge in [-0.1, -0.05) is 12.1 Å². The number of para-hydroxylation sites is 1. The molecule has 0 spiro atoms. The maximum absolute atomic E-state index is 5.66. The first kappa shape index (κ1) is 12.0. The van der Waals surface area contributed by atoms with Crippen LogP contribution in [0.1, 0.15) is 0 Å². The largest absolute Gasteiger partial charge is 0.493 e. The number of aromatic nitrogens is 1. The van der Waals surface area contributed by atoms with Crippen molar-refractivity contribution in [3.05, 3.63) is 36.4 Å². The molecule has 0 aliphatic rings. The molecule has 1 aromatic carbocycles. The van der Waals surface area contributed by atoms with E-state index in [1.54, 1.807) is 44.6 Å². The molecule has 0 fully saturated rings. The fourth-order valence-electron chi connectivity index (χ4n) is 1.51. The van der Waals surface area contributed by atoms with Crippen molar-refractivity contribution < 1.29 is 14.2 Å². The first-order valence-electron chi connectivity index (χ1n) is 5.36. The van der Waals surface area contributed by atoms with E-state index >= 15 is 0 Å². The molecular weight excluding hydrogens is 232 g/mol. The summed E-state index contributed by atoms with van der Waals surface area (Å²) in [6, 6.07) is 10.5. The molecule has 5 heteroatoms. The third-order valence-corrected chi connectivity index (χ3v) is 2.33. The lowest BCUT2D eigenvalue weighted by atomic mass is 10.3. The average Bonchev–Trinajstić information content (AvgIpc) is 2.39. The second kappa shape index (κ2) is 5.27. The number of nitrogens with two attached hydrogens (primary N) is 1. The molecule has 0 aliphatic heterocycles. The molecule has 0 atom stereocenters. The second-order valence-electron chi connectivity index (χ2n) is 3.49. The van der Waals surface area contributed by atoms with Gasteiger partial charge < -0.3 is 19.9 Å². The molecule has 2 aromatic rings. The van der Waals surface area contributed by atoms with Gasteiger partial charge in [0.1, 0.15) is 5.82 Å². The summed E-state index contributed by atoms with van der Waals surface area (Å²) in [5.41, 5.74) is 5.60. The van der Waals surface area contributed by atoms with Gasteiger partial charge in [-0.15, -0.1) is 0 Å². The standard InChI is InChI=1S/C13H14N2O3/c1-16-9-5-3-6-10(17-2)13(9)18-12-8-4-7-11(14)15-12/h3-8H,1-2H3,(H2,14,15). The van der Waals surface area contributed by atoms with E-state index < -0.39 is 0 Å². The predicted octanol–water partition coefficient (Wildman–Crippen LogP) is 2.47. The van der Waals surface area contributed by atoms with Crippen LogP contribution in [0.25, 0.3) is 0 Å². The number of rotatable bonds is 4. The molecule has 0 amide bonds. The number of hydrogen-bond acceptors (Lipinski definition) is 5. The maximum atomic E-state index is 5.66. The first-order valence-corrected chi connectivity index (χ1v) is 5.36. The summed E-state index contributed by atoms with van der Waals surface area (Å²) in [5.74, 6) is 2.39. The number of methoxy groups -OCH3 is 2. The van der Waals surface area contributed by atoms with Crippen LogP contribution < -0.4 is 19.9 Å². The Morgan fingerprint density at radius 2 is 1.56 bits per heavy atom. The monoisotopic (exact) mass is 246 g/mol. The lowest BCUT2D eigenvalue weighted by Gasteiger charge is -2.13. The van der Waals surface area contributed by atoms with E-state index in [-0.39, 0.29) is 0 Å². The van der Waals surface area contributed by atoms with Crippen molar-refractivity contribution in [2.45, 2.75) is 0 Å².